The first-order valence-corrected chi connectivity index (χ1v) is 9.85. The summed E-state index contributed by atoms with van der Waals surface area (Å²) in [5.41, 5.74) is -0.872. The zero-order valence-corrected chi connectivity index (χ0v) is 17.1. The Kier molecular flexibility index (Phi) is 5.93. The van der Waals surface area contributed by atoms with Crippen LogP contribution in [0.3, 0.4) is 0 Å². The first-order chi connectivity index (χ1) is 15.3. The number of nitrogens with zero attached hydrogens (tertiary/aromatic N) is 6. The van der Waals surface area contributed by atoms with Crippen molar-refractivity contribution in [2.75, 3.05) is 30.4 Å². The number of carbonyl (C=O) groups is 1. The van der Waals surface area contributed by atoms with Crippen molar-refractivity contribution in [1.82, 2.24) is 25.0 Å². The number of methoxy groups -OCH3 is 1. The van der Waals surface area contributed by atoms with Crippen molar-refractivity contribution < 1.29 is 22.7 Å². The molecule has 168 valence electrons. The number of aromatic nitrogens is 5. The summed E-state index contributed by atoms with van der Waals surface area (Å²) in [6, 6.07) is 6.51. The van der Waals surface area contributed by atoms with Crippen LogP contribution in [-0.4, -0.2) is 51.1 Å². The van der Waals surface area contributed by atoms with Gasteiger partial charge < -0.3 is 15.0 Å². The average Bonchev–Trinajstić information content (AvgIpc) is 3.34. The quantitative estimate of drug-likeness (QED) is 0.642. The van der Waals surface area contributed by atoms with Crippen LogP contribution in [0.5, 0.6) is 5.75 Å². The molecule has 0 radical (unpaired) electrons. The van der Waals surface area contributed by atoms with Gasteiger partial charge in [-0.3, -0.25) is 4.79 Å². The maximum Gasteiger partial charge on any atom is 0.416 e. The summed E-state index contributed by atoms with van der Waals surface area (Å²) in [6.45, 7) is 1.05. The van der Waals surface area contributed by atoms with E-state index in [9.17, 15) is 18.0 Å². The molecule has 0 saturated carbocycles. The zero-order chi connectivity index (χ0) is 22.7. The van der Waals surface area contributed by atoms with Gasteiger partial charge in [0, 0.05) is 13.1 Å². The van der Waals surface area contributed by atoms with E-state index in [1.54, 1.807) is 12.1 Å². The Morgan fingerprint density at radius 2 is 1.97 bits per heavy atom. The lowest BCUT2D eigenvalue weighted by atomic mass is 9.97. The molecule has 2 aromatic heterocycles. The van der Waals surface area contributed by atoms with Crippen molar-refractivity contribution in [3.8, 4) is 11.6 Å². The molecule has 0 bridgehead atoms. The molecule has 0 aliphatic carbocycles. The highest BCUT2D eigenvalue weighted by atomic mass is 19.4. The summed E-state index contributed by atoms with van der Waals surface area (Å²) < 4.78 is 45.8. The number of carbonyl (C=O) groups excluding carboxylic acids is 1. The fraction of sp³-hybridized carbons (Fsp3) is 0.350. The van der Waals surface area contributed by atoms with Gasteiger partial charge in [-0.1, -0.05) is 0 Å². The second-order valence-corrected chi connectivity index (χ2v) is 7.28. The van der Waals surface area contributed by atoms with Gasteiger partial charge in [0.25, 0.3) is 0 Å². The summed E-state index contributed by atoms with van der Waals surface area (Å²) in [6.07, 6.45) is -0.293. The number of benzene rings is 1. The highest BCUT2D eigenvalue weighted by Gasteiger charge is 2.32. The number of ether oxygens (including phenoxy) is 1. The van der Waals surface area contributed by atoms with Crippen molar-refractivity contribution in [2.45, 2.75) is 19.0 Å². The molecule has 1 aliphatic rings. The second-order valence-electron chi connectivity index (χ2n) is 7.28. The molecule has 0 unspecified atom stereocenters. The SMILES string of the molecule is COc1ccc(C(F)(F)F)cc1NC(=O)[C@H]1CCCN(c2ccc(-n3cncn3)nn2)C1. The number of rotatable bonds is 5. The minimum absolute atomic E-state index is 0.0126. The molecule has 9 nitrogen and oxygen atoms in total. The van der Waals surface area contributed by atoms with Crippen molar-refractivity contribution in [1.29, 1.82) is 0 Å². The fourth-order valence-corrected chi connectivity index (χ4v) is 3.55. The van der Waals surface area contributed by atoms with Gasteiger partial charge in [0.05, 0.1) is 24.3 Å². The van der Waals surface area contributed by atoms with E-state index in [4.69, 9.17) is 4.74 Å². The van der Waals surface area contributed by atoms with Crippen molar-refractivity contribution in [3.63, 3.8) is 0 Å². The third-order valence-corrected chi connectivity index (χ3v) is 5.19. The zero-order valence-electron chi connectivity index (χ0n) is 17.1. The van der Waals surface area contributed by atoms with Gasteiger partial charge in [-0.2, -0.15) is 18.3 Å². The van der Waals surface area contributed by atoms with Gasteiger partial charge in [0.15, 0.2) is 11.6 Å². The number of alkyl halides is 3. The van der Waals surface area contributed by atoms with Crippen molar-refractivity contribution >= 4 is 17.4 Å². The number of piperidine rings is 1. The summed E-state index contributed by atoms with van der Waals surface area (Å²) >= 11 is 0. The number of hydrogen-bond donors (Lipinski definition) is 1. The van der Waals surface area contributed by atoms with Crippen LogP contribution in [-0.2, 0) is 11.0 Å². The van der Waals surface area contributed by atoms with Crippen LogP contribution in [0.4, 0.5) is 24.7 Å². The van der Waals surface area contributed by atoms with Crippen LogP contribution in [0.15, 0.2) is 43.0 Å². The van der Waals surface area contributed by atoms with E-state index < -0.39 is 17.7 Å². The van der Waals surface area contributed by atoms with E-state index in [1.807, 2.05) is 4.90 Å². The van der Waals surface area contributed by atoms with Crippen LogP contribution in [0.1, 0.15) is 18.4 Å². The molecule has 32 heavy (non-hydrogen) atoms. The maximum atomic E-state index is 13.1. The summed E-state index contributed by atoms with van der Waals surface area (Å²) in [7, 11) is 1.34. The molecule has 1 amide bonds. The molecule has 12 heteroatoms. The first-order valence-electron chi connectivity index (χ1n) is 9.85. The number of nitrogens with one attached hydrogen (secondary N) is 1. The van der Waals surface area contributed by atoms with Gasteiger partial charge in [0.1, 0.15) is 18.4 Å². The molecular weight excluding hydrogens is 427 g/mol. The summed E-state index contributed by atoms with van der Waals surface area (Å²) in [4.78, 5) is 18.6. The third-order valence-electron chi connectivity index (χ3n) is 5.19. The summed E-state index contributed by atoms with van der Waals surface area (Å²) in [5.74, 6) is 0.463. The molecule has 1 aliphatic heterocycles. The molecule has 3 heterocycles. The van der Waals surface area contributed by atoms with E-state index >= 15 is 0 Å². The molecule has 0 spiro atoms. The topological polar surface area (TPSA) is 98.1 Å². The van der Waals surface area contributed by atoms with Crippen LogP contribution in [0, 0.1) is 5.92 Å². The monoisotopic (exact) mass is 447 g/mol. The number of anilines is 2. The number of halogens is 3. The predicted octanol–water partition coefficient (Wildman–Crippen LogP) is 2.94. The van der Waals surface area contributed by atoms with Crippen molar-refractivity contribution in [2.24, 2.45) is 5.92 Å². The first kappa shape index (κ1) is 21.5. The highest BCUT2D eigenvalue weighted by molar-refractivity contribution is 5.94. The van der Waals surface area contributed by atoms with Gasteiger partial charge in [0.2, 0.25) is 5.91 Å². The maximum absolute atomic E-state index is 13.1. The largest absolute Gasteiger partial charge is 0.495 e. The lowest BCUT2D eigenvalue weighted by Gasteiger charge is -2.32. The van der Waals surface area contributed by atoms with Gasteiger partial charge in [-0.25, -0.2) is 9.67 Å². The Labute approximate surface area is 181 Å². The minimum atomic E-state index is -4.52. The molecule has 1 atom stereocenters. The Morgan fingerprint density at radius 1 is 1.19 bits per heavy atom. The molecule has 1 N–H and O–H groups in total. The standard InChI is InChI=1S/C20H20F3N7O2/c1-32-16-5-4-14(20(21,22)23)9-15(16)26-19(31)13-3-2-8-29(10-13)17-6-7-18(28-27-17)30-12-24-11-25-30/h4-7,9,11-13H,2-3,8,10H2,1H3,(H,26,31)/t13-/m0/s1. The van der Waals surface area contributed by atoms with Gasteiger partial charge >= 0.3 is 6.18 Å². The Morgan fingerprint density at radius 3 is 2.62 bits per heavy atom. The van der Waals surface area contributed by atoms with E-state index in [2.05, 4.69) is 25.6 Å². The minimum Gasteiger partial charge on any atom is -0.495 e. The van der Waals surface area contributed by atoms with Crippen LogP contribution >= 0.6 is 0 Å². The van der Waals surface area contributed by atoms with Gasteiger partial charge in [-0.15, -0.1) is 10.2 Å². The van der Waals surface area contributed by atoms with Gasteiger partial charge in [-0.05, 0) is 43.2 Å². The van der Waals surface area contributed by atoms with E-state index in [0.717, 1.165) is 18.6 Å². The number of hydrogen-bond acceptors (Lipinski definition) is 7. The smallest absolute Gasteiger partial charge is 0.416 e. The molecule has 1 fully saturated rings. The molecule has 1 aromatic carbocycles. The van der Waals surface area contributed by atoms with Crippen LogP contribution < -0.4 is 15.0 Å². The Bertz CT molecular complexity index is 1070. The lowest BCUT2D eigenvalue weighted by molar-refractivity contribution is -0.137. The Balaban J connectivity index is 1.46. The molecule has 1 saturated heterocycles. The van der Waals surface area contributed by atoms with Crippen LogP contribution in [0.25, 0.3) is 5.82 Å². The molecular formula is C20H20F3N7O2. The number of amides is 1. The third kappa shape index (κ3) is 4.63. The Hall–Kier alpha value is -3.70. The average molecular weight is 447 g/mol. The second kappa shape index (κ2) is 8.81. The van der Waals surface area contributed by atoms with E-state index in [0.29, 0.717) is 31.1 Å². The highest BCUT2D eigenvalue weighted by Crippen LogP contribution is 2.35. The molecule has 4 rings (SSSR count). The normalized spacial score (nSPS) is 16.6. The summed E-state index contributed by atoms with van der Waals surface area (Å²) in [5, 5.41) is 14.9. The van der Waals surface area contributed by atoms with Crippen LogP contribution in [0.2, 0.25) is 0 Å². The predicted molar refractivity (Wildman–Crippen MR) is 109 cm³/mol. The van der Waals surface area contributed by atoms with E-state index in [-0.39, 0.29) is 17.3 Å². The molecule has 3 aromatic rings. The van der Waals surface area contributed by atoms with E-state index in [1.165, 1.54) is 30.5 Å². The van der Waals surface area contributed by atoms with Crippen molar-refractivity contribution in [3.05, 3.63) is 48.5 Å². The lowest BCUT2D eigenvalue weighted by Crippen LogP contribution is -2.41. The fourth-order valence-electron chi connectivity index (χ4n) is 3.55.